The molecule has 1 amide bonds. The number of pyridine rings is 1. The molecular weight excluding hydrogens is 263 g/mol. The number of amides is 1. The van der Waals surface area contributed by atoms with E-state index in [2.05, 4.69) is 10.3 Å². The molecule has 5 nitrogen and oxygen atoms in total. The van der Waals surface area contributed by atoms with Crippen molar-refractivity contribution in [3.63, 3.8) is 0 Å². The predicted octanol–water partition coefficient (Wildman–Crippen LogP) is 1.85. The number of nitrogens with zero attached hydrogens (tertiary/aromatic N) is 1. The van der Waals surface area contributed by atoms with Crippen LogP contribution >= 0.6 is 0 Å². The third-order valence-electron chi connectivity index (χ3n) is 2.59. The molecule has 0 fully saturated rings. The van der Waals surface area contributed by atoms with Gasteiger partial charge in [0.1, 0.15) is 5.82 Å². The lowest BCUT2D eigenvalue weighted by molar-refractivity contribution is 0.0696. The standard InChI is InChI=1S/C14H11FN2O3/c15-12-5-11(7-16-8-12)13(18)17-6-9-2-1-3-10(4-9)14(19)20/h1-5,7-8H,6H2,(H,17,18)(H,19,20). The van der Waals surface area contributed by atoms with E-state index in [1.807, 2.05) is 0 Å². The van der Waals surface area contributed by atoms with Crippen molar-refractivity contribution in [3.8, 4) is 0 Å². The molecule has 1 heterocycles. The van der Waals surface area contributed by atoms with Crippen LogP contribution in [-0.4, -0.2) is 22.0 Å². The fourth-order valence-corrected chi connectivity index (χ4v) is 1.63. The minimum absolute atomic E-state index is 0.111. The lowest BCUT2D eigenvalue weighted by Crippen LogP contribution is -2.23. The summed E-state index contributed by atoms with van der Waals surface area (Å²) in [6, 6.07) is 7.29. The molecular formula is C14H11FN2O3. The fourth-order valence-electron chi connectivity index (χ4n) is 1.63. The Bertz CT molecular complexity index is 658. The van der Waals surface area contributed by atoms with Crippen LogP contribution in [0.5, 0.6) is 0 Å². The van der Waals surface area contributed by atoms with Gasteiger partial charge in [-0.1, -0.05) is 12.1 Å². The SMILES string of the molecule is O=C(O)c1cccc(CNC(=O)c2cncc(F)c2)c1. The number of carboxylic acid groups (broad SMARTS) is 1. The first-order chi connectivity index (χ1) is 9.56. The van der Waals surface area contributed by atoms with Crippen molar-refractivity contribution in [2.45, 2.75) is 6.54 Å². The molecule has 2 aromatic rings. The van der Waals surface area contributed by atoms with Gasteiger partial charge in [-0.2, -0.15) is 0 Å². The zero-order chi connectivity index (χ0) is 14.5. The molecule has 20 heavy (non-hydrogen) atoms. The number of hydrogen-bond donors (Lipinski definition) is 2. The van der Waals surface area contributed by atoms with Crippen LogP contribution < -0.4 is 5.32 Å². The summed E-state index contributed by atoms with van der Waals surface area (Å²) in [4.78, 5) is 26.2. The van der Waals surface area contributed by atoms with Gasteiger partial charge in [-0.3, -0.25) is 9.78 Å². The zero-order valence-electron chi connectivity index (χ0n) is 10.3. The second-order valence-corrected chi connectivity index (χ2v) is 4.08. The number of aromatic carboxylic acids is 1. The number of rotatable bonds is 4. The highest BCUT2D eigenvalue weighted by Crippen LogP contribution is 2.06. The molecule has 6 heteroatoms. The summed E-state index contributed by atoms with van der Waals surface area (Å²) in [5.74, 6) is -2.10. The van der Waals surface area contributed by atoms with Crippen LogP contribution in [-0.2, 0) is 6.54 Å². The van der Waals surface area contributed by atoms with Crippen LogP contribution in [0.2, 0.25) is 0 Å². The highest BCUT2D eigenvalue weighted by atomic mass is 19.1. The third-order valence-corrected chi connectivity index (χ3v) is 2.59. The molecule has 0 saturated carbocycles. The Kier molecular flexibility index (Phi) is 4.05. The first-order valence-corrected chi connectivity index (χ1v) is 5.77. The number of hydrogen-bond acceptors (Lipinski definition) is 3. The van der Waals surface area contributed by atoms with Crippen LogP contribution in [0, 0.1) is 5.82 Å². The normalized spacial score (nSPS) is 10.1. The molecule has 0 aliphatic carbocycles. The number of halogens is 1. The van der Waals surface area contributed by atoms with E-state index in [0.717, 1.165) is 12.3 Å². The average Bonchev–Trinajstić information content (AvgIpc) is 2.45. The topological polar surface area (TPSA) is 79.3 Å². The first-order valence-electron chi connectivity index (χ1n) is 5.77. The molecule has 102 valence electrons. The van der Waals surface area contributed by atoms with Crippen molar-refractivity contribution in [3.05, 3.63) is 65.2 Å². The van der Waals surface area contributed by atoms with Crippen molar-refractivity contribution in [2.75, 3.05) is 0 Å². The molecule has 2 rings (SSSR count). The second kappa shape index (κ2) is 5.92. The van der Waals surface area contributed by atoms with Crippen molar-refractivity contribution in [1.82, 2.24) is 10.3 Å². The van der Waals surface area contributed by atoms with Crippen molar-refractivity contribution in [1.29, 1.82) is 0 Å². The number of carbonyl (C=O) groups excluding carboxylic acids is 1. The smallest absolute Gasteiger partial charge is 0.335 e. The molecule has 0 aliphatic heterocycles. The van der Waals surface area contributed by atoms with Gasteiger partial charge in [0, 0.05) is 12.7 Å². The van der Waals surface area contributed by atoms with Gasteiger partial charge in [0.15, 0.2) is 0 Å². The van der Waals surface area contributed by atoms with E-state index < -0.39 is 17.7 Å². The second-order valence-electron chi connectivity index (χ2n) is 4.08. The first kappa shape index (κ1) is 13.7. The van der Waals surface area contributed by atoms with Crippen LogP contribution in [0.1, 0.15) is 26.3 Å². The molecule has 0 aliphatic rings. The maximum atomic E-state index is 12.9. The number of carbonyl (C=O) groups is 2. The minimum Gasteiger partial charge on any atom is -0.478 e. The Balaban J connectivity index is 2.03. The molecule has 1 aromatic carbocycles. The average molecular weight is 274 g/mol. The minimum atomic E-state index is -1.03. The molecule has 0 saturated heterocycles. The quantitative estimate of drug-likeness (QED) is 0.891. The Hall–Kier alpha value is -2.76. The molecule has 0 spiro atoms. The zero-order valence-corrected chi connectivity index (χ0v) is 10.3. The summed E-state index contributed by atoms with van der Waals surface area (Å²) in [6.07, 6.45) is 2.26. The van der Waals surface area contributed by atoms with E-state index in [1.54, 1.807) is 12.1 Å². The Labute approximate surface area is 114 Å². The van der Waals surface area contributed by atoms with Crippen LogP contribution in [0.25, 0.3) is 0 Å². The van der Waals surface area contributed by atoms with Crippen molar-refractivity contribution < 1.29 is 19.1 Å². The lowest BCUT2D eigenvalue weighted by Gasteiger charge is -2.06. The number of benzene rings is 1. The van der Waals surface area contributed by atoms with Gasteiger partial charge in [0.2, 0.25) is 0 Å². The van der Waals surface area contributed by atoms with Crippen LogP contribution in [0.3, 0.4) is 0 Å². The highest BCUT2D eigenvalue weighted by molar-refractivity contribution is 5.93. The summed E-state index contributed by atoms with van der Waals surface area (Å²) in [7, 11) is 0. The van der Waals surface area contributed by atoms with Gasteiger partial charge in [0.05, 0.1) is 17.3 Å². The Morgan fingerprint density at radius 1 is 1.20 bits per heavy atom. The molecule has 0 bridgehead atoms. The molecule has 0 radical (unpaired) electrons. The molecule has 0 atom stereocenters. The van der Waals surface area contributed by atoms with Crippen molar-refractivity contribution >= 4 is 11.9 Å². The van der Waals surface area contributed by atoms with E-state index in [4.69, 9.17) is 5.11 Å². The summed E-state index contributed by atoms with van der Waals surface area (Å²) >= 11 is 0. The Morgan fingerprint density at radius 3 is 2.70 bits per heavy atom. The summed E-state index contributed by atoms with van der Waals surface area (Å²) in [6.45, 7) is 0.149. The van der Waals surface area contributed by atoms with Crippen LogP contribution in [0.4, 0.5) is 4.39 Å². The predicted molar refractivity (Wildman–Crippen MR) is 68.8 cm³/mol. The number of nitrogens with one attached hydrogen (secondary N) is 1. The van der Waals surface area contributed by atoms with E-state index in [-0.39, 0.29) is 17.7 Å². The third kappa shape index (κ3) is 3.38. The summed E-state index contributed by atoms with van der Waals surface area (Å²) < 4.78 is 12.9. The number of aromatic nitrogens is 1. The van der Waals surface area contributed by atoms with E-state index in [1.165, 1.54) is 18.3 Å². The number of carboxylic acids is 1. The van der Waals surface area contributed by atoms with E-state index >= 15 is 0 Å². The summed E-state index contributed by atoms with van der Waals surface area (Å²) in [5.41, 5.74) is 0.895. The van der Waals surface area contributed by atoms with Gasteiger partial charge in [-0.05, 0) is 23.8 Å². The van der Waals surface area contributed by atoms with Gasteiger partial charge in [-0.15, -0.1) is 0 Å². The van der Waals surface area contributed by atoms with Gasteiger partial charge in [-0.25, -0.2) is 9.18 Å². The summed E-state index contributed by atoms with van der Waals surface area (Å²) in [5, 5.41) is 11.4. The van der Waals surface area contributed by atoms with Gasteiger partial charge in [0.25, 0.3) is 5.91 Å². The van der Waals surface area contributed by atoms with Crippen molar-refractivity contribution in [2.24, 2.45) is 0 Å². The highest BCUT2D eigenvalue weighted by Gasteiger charge is 2.08. The largest absolute Gasteiger partial charge is 0.478 e. The van der Waals surface area contributed by atoms with Gasteiger partial charge >= 0.3 is 5.97 Å². The maximum Gasteiger partial charge on any atom is 0.335 e. The van der Waals surface area contributed by atoms with E-state index in [9.17, 15) is 14.0 Å². The maximum absolute atomic E-state index is 12.9. The molecule has 2 N–H and O–H groups in total. The van der Waals surface area contributed by atoms with Gasteiger partial charge < -0.3 is 10.4 Å². The molecule has 1 aromatic heterocycles. The van der Waals surface area contributed by atoms with Crippen LogP contribution in [0.15, 0.2) is 42.7 Å². The lowest BCUT2D eigenvalue weighted by atomic mass is 10.1. The van der Waals surface area contributed by atoms with E-state index in [0.29, 0.717) is 5.56 Å². The monoisotopic (exact) mass is 274 g/mol. The Morgan fingerprint density at radius 2 is 2.00 bits per heavy atom. The fraction of sp³-hybridized carbons (Fsp3) is 0.0714. The molecule has 0 unspecified atom stereocenters.